The van der Waals surface area contributed by atoms with E-state index < -0.39 is 0 Å². The summed E-state index contributed by atoms with van der Waals surface area (Å²) in [5.74, 6) is -0.292. The summed E-state index contributed by atoms with van der Waals surface area (Å²) in [6, 6.07) is 10.8. The molecule has 0 aliphatic carbocycles. The summed E-state index contributed by atoms with van der Waals surface area (Å²) < 4.78 is 4.92. The lowest BCUT2D eigenvalue weighted by Gasteiger charge is -2.38. The maximum Gasteiger partial charge on any atom is 0.306 e. The summed E-state index contributed by atoms with van der Waals surface area (Å²) >= 11 is 0. The summed E-state index contributed by atoms with van der Waals surface area (Å²) in [4.78, 5) is 28.5. The van der Waals surface area contributed by atoms with Gasteiger partial charge in [0.25, 0.3) is 0 Å². The average Bonchev–Trinajstić information content (AvgIpc) is 2.65. The molecule has 0 radical (unpaired) electrons. The molecule has 1 amide bonds. The molecule has 0 saturated carbocycles. The maximum absolute atomic E-state index is 12.6. The van der Waals surface area contributed by atoms with Crippen LogP contribution in [0.25, 0.3) is 0 Å². The standard InChI is InChI=1S/C21H33N3O3/c1-4-27-21(26)11-10-20(25)24(17(2)3)16-19-15-23(13-12-22-19)14-18-8-6-5-7-9-18/h5-9,17,19,22H,4,10-16H2,1-3H3. The fourth-order valence-corrected chi connectivity index (χ4v) is 3.43. The van der Waals surface area contributed by atoms with Crippen LogP contribution in [0.1, 0.15) is 39.2 Å². The number of piperazine rings is 1. The third-order valence-electron chi connectivity index (χ3n) is 4.80. The zero-order valence-corrected chi connectivity index (χ0v) is 16.8. The number of hydrogen-bond donors (Lipinski definition) is 1. The Hall–Kier alpha value is -1.92. The van der Waals surface area contributed by atoms with Crippen LogP contribution in [0.4, 0.5) is 0 Å². The van der Waals surface area contributed by atoms with Crippen molar-refractivity contribution < 1.29 is 14.3 Å². The van der Waals surface area contributed by atoms with Crippen molar-refractivity contribution in [3.05, 3.63) is 35.9 Å². The molecule has 1 saturated heterocycles. The van der Waals surface area contributed by atoms with Gasteiger partial charge in [-0.2, -0.15) is 0 Å². The van der Waals surface area contributed by atoms with Crippen LogP contribution in [0.15, 0.2) is 30.3 Å². The van der Waals surface area contributed by atoms with Gasteiger partial charge in [-0.15, -0.1) is 0 Å². The second-order valence-electron chi connectivity index (χ2n) is 7.32. The number of carbonyl (C=O) groups excluding carboxylic acids is 2. The minimum atomic E-state index is -0.306. The predicted octanol–water partition coefficient (Wildman–Crippen LogP) is 2.04. The summed E-state index contributed by atoms with van der Waals surface area (Å²) in [6.45, 7) is 10.6. The van der Waals surface area contributed by atoms with Crippen molar-refractivity contribution >= 4 is 11.9 Å². The molecule has 0 spiro atoms. The van der Waals surface area contributed by atoms with E-state index in [2.05, 4.69) is 34.5 Å². The van der Waals surface area contributed by atoms with Crippen molar-refractivity contribution in [1.29, 1.82) is 0 Å². The highest BCUT2D eigenvalue weighted by atomic mass is 16.5. The molecule has 1 aliphatic rings. The van der Waals surface area contributed by atoms with Gasteiger partial charge in [-0.05, 0) is 26.3 Å². The molecule has 1 heterocycles. The van der Waals surface area contributed by atoms with E-state index >= 15 is 0 Å². The van der Waals surface area contributed by atoms with E-state index in [1.165, 1.54) is 5.56 Å². The first-order valence-electron chi connectivity index (χ1n) is 9.94. The van der Waals surface area contributed by atoms with Gasteiger partial charge in [0.1, 0.15) is 0 Å². The number of esters is 1. The second kappa shape index (κ2) is 11.0. The normalized spacial score (nSPS) is 17.7. The molecule has 150 valence electrons. The van der Waals surface area contributed by atoms with E-state index in [-0.39, 0.29) is 36.8 Å². The first kappa shape index (κ1) is 21.4. The van der Waals surface area contributed by atoms with Gasteiger partial charge in [-0.3, -0.25) is 14.5 Å². The molecular formula is C21H33N3O3. The van der Waals surface area contributed by atoms with Gasteiger partial charge >= 0.3 is 5.97 Å². The molecule has 1 unspecified atom stereocenters. The molecular weight excluding hydrogens is 342 g/mol. The van der Waals surface area contributed by atoms with Crippen LogP contribution in [0, 0.1) is 0 Å². The largest absolute Gasteiger partial charge is 0.466 e. The van der Waals surface area contributed by atoms with Crippen molar-refractivity contribution in [1.82, 2.24) is 15.1 Å². The van der Waals surface area contributed by atoms with E-state index in [1.54, 1.807) is 6.92 Å². The van der Waals surface area contributed by atoms with E-state index in [0.717, 1.165) is 26.2 Å². The molecule has 0 bridgehead atoms. The van der Waals surface area contributed by atoms with Crippen molar-refractivity contribution in [2.24, 2.45) is 0 Å². The number of hydrogen-bond acceptors (Lipinski definition) is 5. The molecule has 1 aromatic rings. The molecule has 1 N–H and O–H groups in total. The minimum Gasteiger partial charge on any atom is -0.466 e. The monoisotopic (exact) mass is 375 g/mol. The predicted molar refractivity (Wildman–Crippen MR) is 106 cm³/mol. The van der Waals surface area contributed by atoms with E-state index in [1.807, 2.05) is 24.8 Å². The highest BCUT2D eigenvalue weighted by molar-refractivity contribution is 5.81. The summed E-state index contributed by atoms with van der Waals surface area (Å²) in [6.07, 6.45) is 0.353. The van der Waals surface area contributed by atoms with E-state index in [4.69, 9.17) is 4.74 Å². The topological polar surface area (TPSA) is 61.9 Å². The number of rotatable bonds is 9. The number of ether oxygens (including phenoxy) is 1. The number of nitrogens with one attached hydrogen (secondary N) is 1. The van der Waals surface area contributed by atoms with Crippen molar-refractivity contribution in [3.63, 3.8) is 0 Å². The molecule has 27 heavy (non-hydrogen) atoms. The van der Waals surface area contributed by atoms with Gasteiger partial charge in [-0.25, -0.2) is 0 Å². The van der Waals surface area contributed by atoms with Gasteiger partial charge in [0.15, 0.2) is 0 Å². The lowest BCUT2D eigenvalue weighted by Crippen LogP contribution is -2.56. The molecule has 2 rings (SSSR count). The second-order valence-corrected chi connectivity index (χ2v) is 7.32. The SMILES string of the molecule is CCOC(=O)CCC(=O)N(CC1CN(Cc2ccccc2)CCN1)C(C)C. The van der Waals surface area contributed by atoms with Gasteiger partial charge in [-0.1, -0.05) is 30.3 Å². The van der Waals surface area contributed by atoms with Crippen LogP contribution in [-0.4, -0.2) is 66.5 Å². The maximum atomic E-state index is 12.6. The molecule has 0 aromatic heterocycles. The minimum absolute atomic E-state index is 0.0139. The number of benzene rings is 1. The number of amides is 1. The van der Waals surface area contributed by atoms with Crippen molar-refractivity contribution in [3.8, 4) is 0 Å². The fraction of sp³-hybridized carbons (Fsp3) is 0.619. The molecule has 6 heteroatoms. The van der Waals surface area contributed by atoms with Crippen LogP contribution >= 0.6 is 0 Å². The smallest absolute Gasteiger partial charge is 0.306 e. The van der Waals surface area contributed by atoms with Crippen LogP contribution in [0.3, 0.4) is 0 Å². The van der Waals surface area contributed by atoms with Gasteiger partial charge in [0.05, 0.1) is 13.0 Å². The fourth-order valence-electron chi connectivity index (χ4n) is 3.43. The Kier molecular flexibility index (Phi) is 8.75. The summed E-state index contributed by atoms with van der Waals surface area (Å²) in [5, 5.41) is 3.53. The van der Waals surface area contributed by atoms with Crippen LogP contribution in [0.5, 0.6) is 0 Å². The van der Waals surface area contributed by atoms with Crippen LogP contribution < -0.4 is 5.32 Å². The number of carbonyl (C=O) groups is 2. The molecule has 1 aromatic carbocycles. The quantitative estimate of drug-likeness (QED) is 0.669. The highest BCUT2D eigenvalue weighted by Gasteiger charge is 2.25. The van der Waals surface area contributed by atoms with Gasteiger partial charge < -0.3 is 15.0 Å². The average molecular weight is 376 g/mol. The van der Waals surface area contributed by atoms with Crippen LogP contribution in [-0.2, 0) is 20.9 Å². The Morgan fingerprint density at radius 1 is 1.26 bits per heavy atom. The third kappa shape index (κ3) is 7.31. The Morgan fingerprint density at radius 2 is 2.00 bits per heavy atom. The first-order chi connectivity index (χ1) is 13.0. The summed E-state index contributed by atoms with van der Waals surface area (Å²) in [5.41, 5.74) is 1.31. The highest BCUT2D eigenvalue weighted by Crippen LogP contribution is 2.11. The zero-order chi connectivity index (χ0) is 19.6. The van der Waals surface area contributed by atoms with Gasteiger partial charge in [0, 0.05) is 51.2 Å². The van der Waals surface area contributed by atoms with E-state index in [9.17, 15) is 9.59 Å². The lowest BCUT2D eigenvalue weighted by atomic mass is 10.1. The van der Waals surface area contributed by atoms with Crippen molar-refractivity contribution in [2.75, 3.05) is 32.8 Å². The lowest BCUT2D eigenvalue weighted by molar-refractivity contribution is -0.146. The third-order valence-corrected chi connectivity index (χ3v) is 4.80. The molecule has 1 aliphatic heterocycles. The Bertz CT molecular complexity index is 592. The Balaban J connectivity index is 1.87. The Morgan fingerprint density at radius 3 is 2.67 bits per heavy atom. The first-order valence-corrected chi connectivity index (χ1v) is 9.94. The van der Waals surface area contributed by atoms with E-state index in [0.29, 0.717) is 13.2 Å². The zero-order valence-electron chi connectivity index (χ0n) is 16.8. The number of nitrogens with zero attached hydrogens (tertiary/aromatic N) is 2. The molecule has 1 atom stereocenters. The van der Waals surface area contributed by atoms with Crippen LogP contribution in [0.2, 0.25) is 0 Å². The Labute approximate surface area is 162 Å². The summed E-state index contributed by atoms with van der Waals surface area (Å²) in [7, 11) is 0. The molecule has 6 nitrogen and oxygen atoms in total. The molecule has 1 fully saturated rings. The van der Waals surface area contributed by atoms with Crippen molar-refractivity contribution in [2.45, 2.75) is 52.2 Å². The van der Waals surface area contributed by atoms with Gasteiger partial charge in [0.2, 0.25) is 5.91 Å².